The Labute approximate surface area is 96.6 Å². The predicted molar refractivity (Wildman–Crippen MR) is 62.2 cm³/mol. The highest BCUT2D eigenvalue weighted by molar-refractivity contribution is 5.85. The molecule has 1 atom stereocenters. The maximum Gasteiger partial charge on any atom is 0.308 e. The first-order valence-electron chi connectivity index (χ1n) is 5.61. The lowest BCUT2D eigenvalue weighted by atomic mass is 10.0. The van der Waals surface area contributed by atoms with Gasteiger partial charge in [-0.25, -0.2) is 0 Å². The minimum Gasteiger partial charge on any atom is -0.481 e. The highest BCUT2D eigenvalue weighted by atomic mass is 16.4. The van der Waals surface area contributed by atoms with E-state index < -0.39 is 17.4 Å². The van der Waals surface area contributed by atoms with Crippen LogP contribution in [-0.4, -0.2) is 35.6 Å². The summed E-state index contributed by atoms with van der Waals surface area (Å²) in [4.78, 5) is 22.5. The lowest BCUT2D eigenvalue weighted by Gasteiger charge is -2.25. The zero-order chi connectivity index (χ0) is 12.8. The Morgan fingerprint density at radius 3 is 2.25 bits per heavy atom. The molecule has 1 unspecified atom stereocenters. The fourth-order valence-electron chi connectivity index (χ4n) is 1.37. The van der Waals surface area contributed by atoms with Crippen LogP contribution >= 0.6 is 0 Å². The van der Waals surface area contributed by atoms with E-state index in [0.29, 0.717) is 13.0 Å². The van der Waals surface area contributed by atoms with E-state index in [9.17, 15) is 9.59 Å². The van der Waals surface area contributed by atoms with E-state index in [-0.39, 0.29) is 12.5 Å². The molecule has 0 aliphatic carbocycles. The minimum atomic E-state index is -0.871. The Morgan fingerprint density at radius 1 is 1.31 bits per heavy atom. The molecule has 0 radical (unpaired) electrons. The second kappa shape index (κ2) is 6.48. The van der Waals surface area contributed by atoms with Crippen molar-refractivity contribution in [2.75, 3.05) is 13.1 Å². The first-order chi connectivity index (χ1) is 7.35. The molecule has 0 aliphatic heterocycles. The molecular formula is C11H22N2O3. The third kappa shape index (κ3) is 4.61. The van der Waals surface area contributed by atoms with Gasteiger partial charge >= 0.3 is 5.97 Å². The fraction of sp³-hybridized carbons (Fsp3) is 0.818. The van der Waals surface area contributed by atoms with Gasteiger partial charge in [-0.15, -0.1) is 0 Å². The van der Waals surface area contributed by atoms with Crippen LogP contribution in [0.2, 0.25) is 0 Å². The number of carboxylic acid groups (broad SMARTS) is 1. The normalized spacial score (nSPS) is 13.2. The Bertz CT molecular complexity index is 252. The second-order valence-corrected chi connectivity index (χ2v) is 4.31. The molecule has 16 heavy (non-hydrogen) atoms. The number of amides is 1. The molecular weight excluding hydrogens is 208 g/mol. The molecule has 0 aromatic rings. The van der Waals surface area contributed by atoms with Gasteiger partial charge in [0, 0.05) is 6.54 Å². The Kier molecular flexibility index (Phi) is 6.03. The van der Waals surface area contributed by atoms with Crippen LogP contribution in [0.4, 0.5) is 0 Å². The van der Waals surface area contributed by atoms with Crippen molar-refractivity contribution in [2.45, 2.75) is 39.7 Å². The summed E-state index contributed by atoms with van der Waals surface area (Å²) in [5.74, 6) is -1.56. The molecule has 5 nitrogen and oxygen atoms in total. The summed E-state index contributed by atoms with van der Waals surface area (Å²) in [6.07, 6.45) is 0.511. The maximum absolute atomic E-state index is 11.7. The molecule has 1 amide bonds. The van der Waals surface area contributed by atoms with Crippen molar-refractivity contribution < 1.29 is 14.7 Å². The zero-order valence-electron chi connectivity index (χ0n) is 10.5. The number of rotatable bonds is 7. The minimum absolute atomic E-state index is 0.172. The first kappa shape index (κ1) is 14.9. The standard InChI is InChI=1S/C11H22N2O3/c1-5-8(9(14)15)7-12-10(16)11(3,4)13-6-2/h8,13H,5-7H2,1-4H3,(H,12,16)(H,14,15). The van der Waals surface area contributed by atoms with Gasteiger partial charge in [0.05, 0.1) is 11.5 Å². The molecule has 3 N–H and O–H groups in total. The monoisotopic (exact) mass is 230 g/mol. The molecule has 0 rings (SSSR count). The van der Waals surface area contributed by atoms with Gasteiger partial charge in [0.2, 0.25) is 5.91 Å². The van der Waals surface area contributed by atoms with E-state index >= 15 is 0 Å². The summed E-state index contributed by atoms with van der Waals surface area (Å²) >= 11 is 0. The van der Waals surface area contributed by atoms with Crippen molar-refractivity contribution in [1.82, 2.24) is 10.6 Å². The first-order valence-corrected chi connectivity index (χ1v) is 5.61. The fourth-order valence-corrected chi connectivity index (χ4v) is 1.37. The zero-order valence-corrected chi connectivity index (χ0v) is 10.5. The van der Waals surface area contributed by atoms with Crippen molar-refractivity contribution in [1.29, 1.82) is 0 Å². The lowest BCUT2D eigenvalue weighted by Crippen LogP contribution is -2.53. The quantitative estimate of drug-likeness (QED) is 0.598. The van der Waals surface area contributed by atoms with Gasteiger partial charge in [0.15, 0.2) is 0 Å². The van der Waals surface area contributed by atoms with Crippen LogP contribution in [0.15, 0.2) is 0 Å². The van der Waals surface area contributed by atoms with E-state index in [2.05, 4.69) is 10.6 Å². The van der Waals surface area contributed by atoms with Gasteiger partial charge in [0.1, 0.15) is 0 Å². The van der Waals surface area contributed by atoms with E-state index in [4.69, 9.17) is 5.11 Å². The van der Waals surface area contributed by atoms with Gasteiger partial charge in [-0.05, 0) is 26.8 Å². The van der Waals surface area contributed by atoms with Crippen LogP contribution in [-0.2, 0) is 9.59 Å². The Hall–Kier alpha value is -1.10. The molecule has 0 spiro atoms. The molecule has 0 aromatic carbocycles. The predicted octanol–water partition coefficient (Wildman–Crippen LogP) is 0.601. The van der Waals surface area contributed by atoms with Crippen LogP contribution < -0.4 is 10.6 Å². The highest BCUT2D eigenvalue weighted by Gasteiger charge is 2.27. The van der Waals surface area contributed by atoms with Gasteiger partial charge in [-0.3, -0.25) is 9.59 Å². The Balaban J connectivity index is 4.20. The lowest BCUT2D eigenvalue weighted by molar-refractivity contribution is -0.141. The van der Waals surface area contributed by atoms with E-state index in [1.54, 1.807) is 20.8 Å². The molecule has 0 aliphatic rings. The van der Waals surface area contributed by atoms with E-state index in [1.165, 1.54) is 0 Å². The van der Waals surface area contributed by atoms with Crippen LogP contribution in [0.25, 0.3) is 0 Å². The van der Waals surface area contributed by atoms with Crippen molar-refractivity contribution in [3.63, 3.8) is 0 Å². The van der Waals surface area contributed by atoms with Crippen molar-refractivity contribution in [2.24, 2.45) is 5.92 Å². The molecule has 0 saturated carbocycles. The van der Waals surface area contributed by atoms with Gasteiger partial charge in [-0.2, -0.15) is 0 Å². The summed E-state index contributed by atoms with van der Waals surface area (Å²) in [5.41, 5.74) is -0.661. The van der Waals surface area contributed by atoms with Crippen LogP contribution in [0.3, 0.4) is 0 Å². The number of carbonyl (C=O) groups excluding carboxylic acids is 1. The number of nitrogens with one attached hydrogen (secondary N) is 2. The highest BCUT2D eigenvalue weighted by Crippen LogP contribution is 2.04. The summed E-state index contributed by atoms with van der Waals surface area (Å²) in [5, 5.41) is 14.5. The number of carbonyl (C=O) groups is 2. The van der Waals surface area contributed by atoms with Crippen LogP contribution in [0.1, 0.15) is 34.1 Å². The SMILES string of the molecule is CCNC(C)(C)C(=O)NCC(CC)C(=O)O. The van der Waals surface area contributed by atoms with Crippen LogP contribution in [0.5, 0.6) is 0 Å². The summed E-state index contributed by atoms with van der Waals surface area (Å²) < 4.78 is 0. The molecule has 0 saturated heterocycles. The van der Waals surface area contributed by atoms with Crippen molar-refractivity contribution >= 4 is 11.9 Å². The largest absolute Gasteiger partial charge is 0.481 e. The Morgan fingerprint density at radius 2 is 1.88 bits per heavy atom. The molecule has 0 fully saturated rings. The molecule has 0 bridgehead atoms. The number of hydrogen-bond donors (Lipinski definition) is 3. The summed E-state index contributed by atoms with van der Waals surface area (Å²) in [6, 6.07) is 0. The third-order valence-corrected chi connectivity index (χ3v) is 2.54. The van der Waals surface area contributed by atoms with E-state index in [1.807, 2.05) is 6.92 Å². The summed E-state index contributed by atoms with van der Waals surface area (Å²) in [6.45, 7) is 8.12. The number of aliphatic carboxylic acids is 1. The average molecular weight is 230 g/mol. The van der Waals surface area contributed by atoms with Gasteiger partial charge in [-0.1, -0.05) is 13.8 Å². The van der Waals surface area contributed by atoms with Crippen molar-refractivity contribution in [3.05, 3.63) is 0 Å². The number of carboxylic acids is 1. The average Bonchev–Trinajstić information content (AvgIpc) is 2.17. The van der Waals surface area contributed by atoms with E-state index in [0.717, 1.165) is 0 Å². The number of hydrogen-bond acceptors (Lipinski definition) is 3. The van der Waals surface area contributed by atoms with Crippen LogP contribution in [0, 0.1) is 5.92 Å². The third-order valence-electron chi connectivity index (χ3n) is 2.54. The maximum atomic E-state index is 11.7. The molecule has 0 heterocycles. The number of likely N-dealkylation sites (N-methyl/N-ethyl adjacent to an activating group) is 1. The van der Waals surface area contributed by atoms with Crippen molar-refractivity contribution in [3.8, 4) is 0 Å². The second-order valence-electron chi connectivity index (χ2n) is 4.31. The molecule has 94 valence electrons. The molecule has 0 aromatic heterocycles. The smallest absolute Gasteiger partial charge is 0.308 e. The van der Waals surface area contributed by atoms with Gasteiger partial charge in [0.25, 0.3) is 0 Å². The molecule has 5 heteroatoms. The summed E-state index contributed by atoms with van der Waals surface area (Å²) in [7, 11) is 0. The van der Waals surface area contributed by atoms with Gasteiger partial charge < -0.3 is 15.7 Å². The topological polar surface area (TPSA) is 78.4 Å².